The summed E-state index contributed by atoms with van der Waals surface area (Å²) in [5.41, 5.74) is -0.862. The van der Waals surface area contributed by atoms with E-state index >= 15 is 0 Å². The van der Waals surface area contributed by atoms with Crippen molar-refractivity contribution < 1.29 is 17.9 Å². The van der Waals surface area contributed by atoms with Crippen molar-refractivity contribution in [1.82, 2.24) is 4.98 Å². The second kappa shape index (κ2) is 6.96. The van der Waals surface area contributed by atoms with Gasteiger partial charge in [0.1, 0.15) is 5.82 Å². The Bertz CT molecular complexity index is 410. The highest BCUT2D eigenvalue weighted by molar-refractivity contribution is 6.32. The van der Waals surface area contributed by atoms with Gasteiger partial charge in [0.05, 0.1) is 17.2 Å². The molecule has 0 spiro atoms. The largest absolute Gasteiger partial charge is 0.417 e. The molecule has 0 unspecified atom stereocenters. The third-order valence-corrected chi connectivity index (χ3v) is 2.45. The molecule has 3 nitrogen and oxygen atoms in total. The number of halogens is 4. The molecule has 7 heteroatoms. The first kappa shape index (κ1) is 16.0. The summed E-state index contributed by atoms with van der Waals surface area (Å²) in [5, 5.41) is 2.77. The zero-order chi connectivity index (χ0) is 14.5. The highest BCUT2D eigenvalue weighted by Gasteiger charge is 2.31. The molecule has 1 heterocycles. The summed E-state index contributed by atoms with van der Waals surface area (Å²) in [4.78, 5) is 3.66. The van der Waals surface area contributed by atoms with Crippen molar-refractivity contribution in [2.45, 2.75) is 20.0 Å². The molecule has 0 aliphatic carbocycles. The van der Waals surface area contributed by atoms with Crippen LogP contribution in [-0.4, -0.2) is 24.7 Å². The Morgan fingerprint density at radius 2 is 2.11 bits per heavy atom. The molecular formula is C12H16ClF3N2O. The summed E-state index contributed by atoms with van der Waals surface area (Å²) < 4.78 is 42.5. The van der Waals surface area contributed by atoms with Crippen LogP contribution < -0.4 is 5.32 Å². The predicted octanol–water partition coefficient (Wildman–Crippen LogP) is 3.84. The van der Waals surface area contributed by atoms with Crippen LogP contribution >= 0.6 is 11.6 Å². The molecule has 108 valence electrons. The molecule has 0 radical (unpaired) electrons. The van der Waals surface area contributed by atoms with Crippen LogP contribution in [0.15, 0.2) is 12.3 Å². The van der Waals surface area contributed by atoms with Gasteiger partial charge in [-0.05, 0) is 12.0 Å². The highest BCUT2D eigenvalue weighted by atomic mass is 35.5. The van der Waals surface area contributed by atoms with E-state index in [4.69, 9.17) is 16.3 Å². The second-order valence-corrected chi connectivity index (χ2v) is 4.85. The van der Waals surface area contributed by atoms with E-state index in [-0.39, 0.29) is 10.8 Å². The molecule has 0 atom stereocenters. The van der Waals surface area contributed by atoms with Crippen LogP contribution in [0.3, 0.4) is 0 Å². The van der Waals surface area contributed by atoms with Crippen LogP contribution in [0.1, 0.15) is 19.4 Å². The SMILES string of the molecule is CC(C)COCCNc1ncc(C(F)(F)F)cc1Cl. The molecule has 1 aromatic heterocycles. The zero-order valence-electron chi connectivity index (χ0n) is 10.7. The van der Waals surface area contributed by atoms with Crippen LogP contribution in [0.25, 0.3) is 0 Å². The Kier molecular flexibility index (Phi) is 5.87. The summed E-state index contributed by atoms with van der Waals surface area (Å²) in [6.07, 6.45) is -3.68. The number of nitrogens with one attached hydrogen (secondary N) is 1. The quantitative estimate of drug-likeness (QED) is 0.810. The summed E-state index contributed by atoms with van der Waals surface area (Å²) in [7, 11) is 0. The van der Waals surface area contributed by atoms with E-state index in [9.17, 15) is 13.2 Å². The molecule has 0 amide bonds. The van der Waals surface area contributed by atoms with E-state index in [0.717, 1.165) is 12.3 Å². The average molecular weight is 297 g/mol. The molecular weight excluding hydrogens is 281 g/mol. The van der Waals surface area contributed by atoms with Crippen molar-refractivity contribution in [2.75, 3.05) is 25.1 Å². The molecule has 0 aliphatic rings. The third kappa shape index (κ3) is 5.65. The van der Waals surface area contributed by atoms with E-state index in [0.29, 0.717) is 25.7 Å². The number of alkyl halides is 3. The summed E-state index contributed by atoms with van der Waals surface area (Å²) in [5.74, 6) is 0.663. The van der Waals surface area contributed by atoms with Gasteiger partial charge < -0.3 is 10.1 Å². The normalized spacial score (nSPS) is 11.9. The molecule has 0 saturated heterocycles. The van der Waals surface area contributed by atoms with E-state index in [2.05, 4.69) is 10.3 Å². The van der Waals surface area contributed by atoms with Gasteiger partial charge in [0.15, 0.2) is 0 Å². The van der Waals surface area contributed by atoms with E-state index < -0.39 is 11.7 Å². The molecule has 0 aliphatic heterocycles. The molecule has 0 fully saturated rings. The topological polar surface area (TPSA) is 34.1 Å². The van der Waals surface area contributed by atoms with Crippen molar-refractivity contribution in [3.8, 4) is 0 Å². The van der Waals surface area contributed by atoms with Gasteiger partial charge in [-0.2, -0.15) is 13.2 Å². The van der Waals surface area contributed by atoms with Crippen LogP contribution in [0, 0.1) is 5.92 Å². The Hall–Kier alpha value is -1.01. The van der Waals surface area contributed by atoms with Crippen molar-refractivity contribution >= 4 is 17.4 Å². The first-order chi connectivity index (χ1) is 8.80. The van der Waals surface area contributed by atoms with Gasteiger partial charge in [-0.3, -0.25) is 0 Å². The number of pyridine rings is 1. The van der Waals surface area contributed by atoms with Gasteiger partial charge in [-0.15, -0.1) is 0 Å². The standard InChI is InChI=1S/C12H16ClF3N2O/c1-8(2)7-19-4-3-17-11-10(13)5-9(6-18-11)12(14,15)16/h5-6,8H,3-4,7H2,1-2H3,(H,17,18). The van der Waals surface area contributed by atoms with E-state index in [1.807, 2.05) is 13.8 Å². The number of nitrogens with zero attached hydrogens (tertiary/aromatic N) is 1. The molecule has 1 aromatic rings. The monoisotopic (exact) mass is 296 g/mol. The van der Waals surface area contributed by atoms with Crippen molar-refractivity contribution in [1.29, 1.82) is 0 Å². The Labute approximate surface area is 115 Å². The fourth-order valence-corrected chi connectivity index (χ4v) is 1.52. The first-order valence-electron chi connectivity index (χ1n) is 5.85. The van der Waals surface area contributed by atoms with Crippen molar-refractivity contribution in [3.63, 3.8) is 0 Å². The number of rotatable bonds is 6. The number of anilines is 1. The maximum absolute atomic E-state index is 12.4. The lowest BCUT2D eigenvalue weighted by atomic mass is 10.2. The minimum atomic E-state index is -4.43. The van der Waals surface area contributed by atoms with Gasteiger partial charge in [0.25, 0.3) is 0 Å². The average Bonchev–Trinajstić information content (AvgIpc) is 2.28. The van der Waals surface area contributed by atoms with Crippen LogP contribution in [0.4, 0.5) is 19.0 Å². The minimum absolute atomic E-state index is 0.0568. The third-order valence-electron chi connectivity index (χ3n) is 2.16. The number of hydrogen-bond acceptors (Lipinski definition) is 3. The molecule has 1 N–H and O–H groups in total. The van der Waals surface area contributed by atoms with E-state index in [1.54, 1.807) is 0 Å². The first-order valence-corrected chi connectivity index (χ1v) is 6.23. The fourth-order valence-electron chi connectivity index (χ4n) is 1.28. The second-order valence-electron chi connectivity index (χ2n) is 4.45. The lowest BCUT2D eigenvalue weighted by molar-refractivity contribution is -0.137. The van der Waals surface area contributed by atoms with Gasteiger partial charge in [-0.25, -0.2) is 4.98 Å². The molecule has 0 aromatic carbocycles. The van der Waals surface area contributed by atoms with Crippen LogP contribution in [0.5, 0.6) is 0 Å². The number of ether oxygens (including phenoxy) is 1. The summed E-state index contributed by atoms with van der Waals surface area (Å²) in [6, 6.07) is 0.853. The molecule has 0 saturated carbocycles. The van der Waals surface area contributed by atoms with E-state index in [1.165, 1.54) is 0 Å². The van der Waals surface area contributed by atoms with Crippen molar-refractivity contribution in [3.05, 3.63) is 22.8 Å². The smallest absolute Gasteiger partial charge is 0.379 e. The Morgan fingerprint density at radius 1 is 1.42 bits per heavy atom. The Morgan fingerprint density at radius 3 is 2.63 bits per heavy atom. The fraction of sp³-hybridized carbons (Fsp3) is 0.583. The molecule has 19 heavy (non-hydrogen) atoms. The van der Waals surface area contributed by atoms with Gasteiger partial charge >= 0.3 is 6.18 Å². The maximum Gasteiger partial charge on any atom is 0.417 e. The van der Waals surface area contributed by atoms with Crippen molar-refractivity contribution in [2.24, 2.45) is 5.92 Å². The number of hydrogen-bond donors (Lipinski definition) is 1. The van der Waals surface area contributed by atoms with Gasteiger partial charge in [0, 0.05) is 19.3 Å². The lowest BCUT2D eigenvalue weighted by Gasteiger charge is -2.11. The minimum Gasteiger partial charge on any atom is -0.379 e. The van der Waals surface area contributed by atoms with Gasteiger partial charge in [0.2, 0.25) is 0 Å². The van der Waals surface area contributed by atoms with Gasteiger partial charge in [-0.1, -0.05) is 25.4 Å². The summed E-state index contributed by atoms with van der Waals surface area (Å²) in [6.45, 7) is 5.57. The molecule has 1 rings (SSSR count). The number of aromatic nitrogens is 1. The zero-order valence-corrected chi connectivity index (χ0v) is 11.5. The molecule has 0 bridgehead atoms. The highest BCUT2D eigenvalue weighted by Crippen LogP contribution is 2.32. The lowest BCUT2D eigenvalue weighted by Crippen LogP contribution is -2.13. The predicted molar refractivity (Wildman–Crippen MR) is 68.4 cm³/mol. The Balaban J connectivity index is 2.47. The maximum atomic E-state index is 12.4. The summed E-state index contributed by atoms with van der Waals surface area (Å²) >= 11 is 5.73. The van der Waals surface area contributed by atoms with Crippen LogP contribution in [0.2, 0.25) is 5.02 Å². The van der Waals surface area contributed by atoms with Crippen LogP contribution in [-0.2, 0) is 10.9 Å².